The number of hydrogen-bond donors (Lipinski definition) is 2. The van der Waals surface area contributed by atoms with E-state index in [2.05, 4.69) is 0 Å². The lowest BCUT2D eigenvalue weighted by Crippen LogP contribution is -2.46. The van der Waals surface area contributed by atoms with Crippen LogP contribution < -0.4 is 5.73 Å². The maximum absolute atomic E-state index is 12.4. The molecule has 1 atom stereocenters. The Morgan fingerprint density at radius 3 is 2.25 bits per heavy atom. The van der Waals surface area contributed by atoms with Crippen molar-refractivity contribution in [2.24, 2.45) is 5.73 Å². The molecule has 0 saturated carbocycles. The van der Waals surface area contributed by atoms with E-state index in [1.807, 2.05) is 0 Å². The molecule has 0 aromatic heterocycles. The van der Waals surface area contributed by atoms with Crippen molar-refractivity contribution < 1.29 is 27.9 Å². The van der Waals surface area contributed by atoms with Gasteiger partial charge in [-0.15, -0.1) is 0 Å². The highest BCUT2D eigenvalue weighted by Crippen LogP contribution is 2.19. The van der Waals surface area contributed by atoms with Crippen LogP contribution in [0, 0.1) is 0 Å². The lowest BCUT2D eigenvalue weighted by Gasteiger charge is -2.25. The summed E-state index contributed by atoms with van der Waals surface area (Å²) in [7, 11) is 0. The van der Waals surface area contributed by atoms with Crippen molar-refractivity contribution in [2.45, 2.75) is 12.2 Å². The zero-order chi connectivity index (χ0) is 15.3. The second kappa shape index (κ2) is 6.38. The Bertz CT molecular complexity index is 477. The van der Waals surface area contributed by atoms with E-state index in [4.69, 9.17) is 10.8 Å². The highest BCUT2D eigenvalue weighted by atomic mass is 19.4. The molecule has 0 aliphatic carbocycles. The number of amides is 1. The summed E-state index contributed by atoms with van der Waals surface area (Å²) < 4.78 is 37.1. The van der Waals surface area contributed by atoms with Gasteiger partial charge in [0.1, 0.15) is 19.1 Å². The topological polar surface area (TPSA) is 83.6 Å². The van der Waals surface area contributed by atoms with Gasteiger partial charge in [0.25, 0.3) is 0 Å². The third-order valence-corrected chi connectivity index (χ3v) is 2.43. The number of carbonyl (C=O) groups excluding carboxylic acids is 1. The van der Waals surface area contributed by atoms with E-state index in [-0.39, 0.29) is 4.90 Å². The SMILES string of the molecule is NC(C(=O)N(CC(=O)O)CC(F)(F)F)c1ccccc1. The van der Waals surface area contributed by atoms with Crippen LogP contribution in [0.1, 0.15) is 11.6 Å². The van der Waals surface area contributed by atoms with Gasteiger partial charge in [0.05, 0.1) is 0 Å². The van der Waals surface area contributed by atoms with E-state index in [9.17, 15) is 22.8 Å². The van der Waals surface area contributed by atoms with Crippen LogP contribution in [0.3, 0.4) is 0 Å². The van der Waals surface area contributed by atoms with E-state index in [1.165, 1.54) is 12.1 Å². The first-order valence-corrected chi connectivity index (χ1v) is 5.58. The Balaban J connectivity index is 2.89. The third kappa shape index (κ3) is 4.88. The van der Waals surface area contributed by atoms with Gasteiger partial charge in [0.2, 0.25) is 5.91 Å². The van der Waals surface area contributed by atoms with Crippen molar-refractivity contribution >= 4 is 11.9 Å². The number of carboxylic acids is 1. The number of nitrogens with zero attached hydrogens (tertiary/aromatic N) is 1. The molecule has 1 aromatic carbocycles. The molecular weight excluding hydrogens is 277 g/mol. The van der Waals surface area contributed by atoms with Crippen LogP contribution in [-0.2, 0) is 9.59 Å². The molecule has 20 heavy (non-hydrogen) atoms. The second-order valence-corrected chi connectivity index (χ2v) is 4.09. The number of halogens is 3. The summed E-state index contributed by atoms with van der Waals surface area (Å²) in [6.45, 7) is -2.71. The van der Waals surface area contributed by atoms with Gasteiger partial charge >= 0.3 is 12.1 Å². The molecule has 0 aliphatic rings. The van der Waals surface area contributed by atoms with Crippen LogP contribution in [-0.4, -0.2) is 41.1 Å². The maximum atomic E-state index is 12.4. The average molecular weight is 290 g/mol. The highest BCUT2D eigenvalue weighted by molar-refractivity contribution is 5.86. The Hall–Kier alpha value is -2.09. The van der Waals surface area contributed by atoms with Crippen LogP contribution in [0.4, 0.5) is 13.2 Å². The normalized spacial score (nSPS) is 12.8. The summed E-state index contributed by atoms with van der Waals surface area (Å²) in [5, 5.41) is 8.58. The summed E-state index contributed by atoms with van der Waals surface area (Å²) in [6.07, 6.45) is -4.69. The molecule has 0 heterocycles. The van der Waals surface area contributed by atoms with E-state index in [1.54, 1.807) is 18.2 Å². The fourth-order valence-electron chi connectivity index (χ4n) is 1.59. The molecule has 0 bridgehead atoms. The van der Waals surface area contributed by atoms with Gasteiger partial charge < -0.3 is 15.7 Å². The number of alkyl halides is 3. The first-order valence-electron chi connectivity index (χ1n) is 5.58. The zero-order valence-electron chi connectivity index (χ0n) is 10.3. The first kappa shape index (κ1) is 16.0. The molecule has 0 radical (unpaired) electrons. The number of hydrogen-bond acceptors (Lipinski definition) is 3. The molecule has 1 rings (SSSR count). The van der Waals surface area contributed by atoms with Crippen molar-refractivity contribution in [3.05, 3.63) is 35.9 Å². The van der Waals surface area contributed by atoms with E-state index in [0.29, 0.717) is 5.56 Å². The fourth-order valence-corrected chi connectivity index (χ4v) is 1.59. The fraction of sp³-hybridized carbons (Fsp3) is 0.333. The van der Waals surface area contributed by atoms with Gasteiger partial charge in [-0.2, -0.15) is 13.2 Å². The lowest BCUT2D eigenvalue weighted by molar-refractivity contribution is -0.166. The second-order valence-electron chi connectivity index (χ2n) is 4.09. The Kier molecular flexibility index (Phi) is 5.09. The molecule has 0 saturated heterocycles. The molecule has 3 N–H and O–H groups in total. The number of aliphatic carboxylic acids is 1. The van der Waals surface area contributed by atoms with Crippen molar-refractivity contribution in [1.82, 2.24) is 4.90 Å². The predicted molar refractivity (Wildman–Crippen MR) is 63.6 cm³/mol. The van der Waals surface area contributed by atoms with Crippen LogP contribution in [0.2, 0.25) is 0 Å². The van der Waals surface area contributed by atoms with E-state index < -0.39 is 37.2 Å². The number of carbonyl (C=O) groups is 2. The van der Waals surface area contributed by atoms with Gasteiger partial charge in [-0.1, -0.05) is 30.3 Å². The van der Waals surface area contributed by atoms with E-state index in [0.717, 1.165) is 0 Å². The summed E-state index contributed by atoms with van der Waals surface area (Å²) in [5.74, 6) is -2.63. The molecule has 5 nitrogen and oxygen atoms in total. The van der Waals surface area contributed by atoms with Gasteiger partial charge in [-0.3, -0.25) is 9.59 Å². The standard InChI is InChI=1S/C12H13F3N2O3/c13-12(14,15)7-17(6-9(18)19)11(20)10(16)8-4-2-1-3-5-8/h1-5,10H,6-7,16H2,(H,18,19). The maximum Gasteiger partial charge on any atom is 0.406 e. The van der Waals surface area contributed by atoms with Crippen molar-refractivity contribution in [1.29, 1.82) is 0 Å². The van der Waals surface area contributed by atoms with Crippen molar-refractivity contribution in [2.75, 3.05) is 13.1 Å². The molecule has 1 amide bonds. The predicted octanol–water partition coefficient (Wildman–Crippen LogP) is 1.16. The summed E-state index contributed by atoms with van der Waals surface area (Å²) in [4.78, 5) is 22.6. The van der Waals surface area contributed by atoms with Gasteiger partial charge in [-0.25, -0.2) is 0 Å². The molecule has 1 unspecified atom stereocenters. The lowest BCUT2D eigenvalue weighted by atomic mass is 10.1. The average Bonchev–Trinajstić information content (AvgIpc) is 2.35. The van der Waals surface area contributed by atoms with Crippen molar-refractivity contribution in [3.63, 3.8) is 0 Å². The molecule has 0 aliphatic heterocycles. The van der Waals surface area contributed by atoms with Crippen LogP contribution >= 0.6 is 0 Å². The van der Waals surface area contributed by atoms with Crippen LogP contribution in [0.5, 0.6) is 0 Å². The molecule has 110 valence electrons. The summed E-state index contributed by atoms with van der Waals surface area (Å²) in [5.41, 5.74) is 5.90. The minimum atomic E-state index is -4.69. The smallest absolute Gasteiger partial charge is 0.406 e. The number of benzene rings is 1. The monoisotopic (exact) mass is 290 g/mol. The number of carboxylic acid groups (broad SMARTS) is 1. The molecular formula is C12H13F3N2O3. The van der Waals surface area contributed by atoms with Gasteiger partial charge in [0.15, 0.2) is 0 Å². The van der Waals surface area contributed by atoms with Gasteiger partial charge in [0, 0.05) is 0 Å². The zero-order valence-corrected chi connectivity index (χ0v) is 10.3. The Morgan fingerprint density at radius 2 is 1.80 bits per heavy atom. The quantitative estimate of drug-likeness (QED) is 0.852. The molecule has 1 aromatic rings. The number of nitrogens with two attached hydrogens (primary N) is 1. The first-order chi connectivity index (χ1) is 9.20. The molecule has 8 heteroatoms. The van der Waals surface area contributed by atoms with E-state index >= 15 is 0 Å². The summed E-state index contributed by atoms with van der Waals surface area (Å²) >= 11 is 0. The number of rotatable bonds is 5. The Labute approximate surface area is 112 Å². The summed E-state index contributed by atoms with van der Waals surface area (Å²) in [6, 6.07) is 6.44. The third-order valence-electron chi connectivity index (χ3n) is 2.43. The highest BCUT2D eigenvalue weighted by Gasteiger charge is 2.35. The van der Waals surface area contributed by atoms with Crippen molar-refractivity contribution in [3.8, 4) is 0 Å². The Morgan fingerprint density at radius 1 is 1.25 bits per heavy atom. The van der Waals surface area contributed by atoms with Crippen LogP contribution in [0.25, 0.3) is 0 Å². The largest absolute Gasteiger partial charge is 0.480 e. The molecule has 0 fully saturated rings. The van der Waals surface area contributed by atoms with Crippen LogP contribution in [0.15, 0.2) is 30.3 Å². The molecule has 0 spiro atoms. The minimum Gasteiger partial charge on any atom is -0.480 e. The minimum absolute atomic E-state index is 0.181. The van der Waals surface area contributed by atoms with Gasteiger partial charge in [-0.05, 0) is 5.56 Å².